The van der Waals surface area contributed by atoms with Gasteiger partial charge in [0.05, 0.1) is 43.3 Å². The molecule has 1 amide bonds. The quantitative estimate of drug-likeness (QED) is 0.648. The maximum Gasteiger partial charge on any atom is 0.250 e. The van der Waals surface area contributed by atoms with Crippen LogP contribution in [0.2, 0.25) is 0 Å². The summed E-state index contributed by atoms with van der Waals surface area (Å²) in [6, 6.07) is 7.72. The van der Waals surface area contributed by atoms with Gasteiger partial charge < -0.3 is 15.0 Å². The number of aryl methyl sites for hydroxylation is 1. The Bertz CT molecular complexity index is 979. The Morgan fingerprint density at radius 3 is 2.63 bits per heavy atom. The number of aromatic nitrogens is 4. The van der Waals surface area contributed by atoms with Gasteiger partial charge in [-0.15, -0.1) is 0 Å². The Morgan fingerprint density at radius 2 is 1.87 bits per heavy atom. The summed E-state index contributed by atoms with van der Waals surface area (Å²) in [6.45, 7) is 2.10. The molecule has 1 aliphatic rings. The van der Waals surface area contributed by atoms with Gasteiger partial charge in [-0.05, 0) is 37.3 Å². The van der Waals surface area contributed by atoms with E-state index in [2.05, 4.69) is 25.3 Å². The summed E-state index contributed by atoms with van der Waals surface area (Å²) in [4.78, 5) is 23.5. The highest BCUT2D eigenvalue weighted by Crippen LogP contribution is 2.20. The van der Waals surface area contributed by atoms with Gasteiger partial charge in [0, 0.05) is 19.5 Å². The van der Waals surface area contributed by atoms with E-state index in [1.165, 1.54) is 19.3 Å². The van der Waals surface area contributed by atoms with E-state index >= 15 is 0 Å². The zero-order chi connectivity index (χ0) is 20.8. The molecule has 0 aliphatic carbocycles. The summed E-state index contributed by atoms with van der Waals surface area (Å²) >= 11 is 0. The lowest BCUT2D eigenvalue weighted by atomic mass is 10.1. The van der Waals surface area contributed by atoms with Crippen molar-refractivity contribution in [2.75, 3.05) is 30.4 Å². The van der Waals surface area contributed by atoms with E-state index in [0.717, 1.165) is 30.1 Å². The first kappa shape index (κ1) is 19.9. The van der Waals surface area contributed by atoms with Gasteiger partial charge in [0.25, 0.3) is 5.95 Å². The Morgan fingerprint density at radius 1 is 1.10 bits per heavy atom. The molecule has 1 saturated heterocycles. The van der Waals surface area contributed by atoms with E-state index in [9.17, 15) is 4.79 Å². The van der Waals surface area contributed by atoms with Crippen molar-refractivity contribution in [1.82, 2.24) is 19.7 Å². The maximum absolute atomic E-state index is 12.3. The first-order valence-corrected chi connectivity index (χ1v) is 10.3. The van der Waals surface area contributed by atoms with Crippen molar-refractivity contribution in [1.29, 1.82) is 0 Å². The number of carbonyl (C=O) groups excluding carboxylic acids is 1. The molecular weight excluding hydrogens is 380 g/mol. The second-order valence-corrected chi connectivity index (χ2v) is 7.32. The van der Waals surface area contributed by atoms with E-state index in [-0.39, 0.29) is 5.91 Å². The summed E-state index contributed by atoms with van der Waals surface area (Å²) in [5.74, 6) is 1.19. The molecule has 0 saturated carbocycles. The number of amides is 1. The van der Waals surface area contributed by atoms with Crippen LogP contribution in [-0.4, -0.2) is 45.9 Å². The van der Waals surface area contributed by atoms with Gasteiger partial charge in [0.1, 0.15) is 5.75 Å². The maximum atomic E-state index is 12.3. The molecule has 3 aromatic rings. The highest BCUT2D eigenvalue weighted by molar-refractivity contribution is 5.90. The van der Waals surface area contributed by atoms with E-state index < -0.39 is 0 Å². The first-order chi connectivity index (χ1) is 14.7. The van der Waals surface area contributed by atoms with Crippen molar-refractivity contribution >= 4 is 17.3 Å². The molecule has 4 rings (SSSR count). The van der Waals surface area contributed by atoms with Crippen molar-refractivity contribution in [2.24, 2.45) is 0 Å². The third-order valence-corrected chi connectivity index (χ3v) is 5.23. The number of hydrogen-bond donors (Lipinski definition) is 1. The molecule has 30 heavy (non-hydrogen) atoms. The lowest BCUT2D eigenvalue weighted by molar-refractivity contribution is -0.116. The predicted molar refractivity (Wildman–Crippen MR) is 115 cm³/mol. The molecule has 0 spiro atoms. The Labute approximate surface area is 175 Å². The van der Waals surface area contributed by atoms with Gasteiger partial charge in [-0.2, -0.15) is 5.10 Å². The van der Waals surface area contributed by atoms with Crippen LogP contribution in [0.1, 0.15) is 31.2 Å². The minimum absolute atomic E-state index is 0.0816. The van der Waals surface area contributed by atoms with Gasteiger partial charge in [-0.1, -0.05) is 18.2 Å². The normalized spacial score (nSPS) is 13.8. The molecule has 0 bridgehead atoms. The van der Waals surface area contributed by atoms with Crippen LogP contribution in [0, 0.1) is 0 Å². The van der Waals surface area contributed by atoms with Crippen molar-refractivity contribution in [3.05, 3.63) is 54.6 Å². The minimum Gasteiger partial charge on any atom is -0.496 e. The van der Waals surface area contributed by atoms with Crippen LogP contribution in [0.15, 0.2) is 49.1 Å². The van der Waals surface area contributed by atoms with E-state index in [1.807, 2.05) is 36.7 Å². The topological polar surface area (TPSA) is 85.2 Å². The number of ether oxygens (including phenoxy) is 1. The smallest absolute Gasteiger partial charge is 0.250 e. The fraction of sp³-hybridized carbons (Fsp3) is 0.364. The highest BCUT2D eigenvalue weighted by atomic mass is 16.5. The van der Waals surface area contributed by atoms with Crippen LogP contribution in [0.3, 0.4) is 0 Å². The lowest BCUT2D eigenvalue weighted by Crippen LogP contribution is -2.29. The van der Waals surface area contributed by atoms with Gasteiger partial charge in [0.15, 0.2) is 0 Å². The van der Waals surface area contributed by atoms with E-state index in [0.29, 0.717) is 24.5 Å². The third kappa shape index (κ3) is 4.76. The molecule has 0 radical (unpaired) electrons. The van der Waals surface area contributed by atoms with Crippen molar-refractivity contribution in [3.8, 4) is 11.7 Å². The second-order valence-electron chi connectivity index (χ2n) is 7.32. The minimum atomic E-state index is -0.0816. The van der Waals surface area contributed by atoms with Gasteiger partial charge in [-0.25, -0.2) is 14.6 Å². The first-order valence-electron chi connectivity index (χ1n) is 10.3. The molecule has 1 aliphatic heterocycles. The number of nitrogens with zero attached hydrogens (tertiary/aromatic N) is 5. The number of carbonyl (C=O) groups is 1. The average Bonchev–Trinajstić information content (AvgIpc) is 3.27. The number of nitrogens with one attached hydrogen (secondary N) is 1. The van der Waals surface area contributed by atoms with Gasteiger partial charge in [-0.3, -0.25) is 4.79 Å². The van der Waals surface area contributed by atoms with E-state index in [4.69, 9.17) is 4.74 Å². The summed E-state index contributed by atoms with van der Waals surface area (Å²) < 4.78 is 6.90. The van der Waals surface area contributed by atoms with Gasteiger partial charge in [0.2, 0.25) is 5.91 Å². The van der Waals surface area contributed by atoms with Crippen molar-refractivity contribution < 1.29 is 9.53 Å². The molecule has 8 nitrogen and oxygen atoms in total. The molecular formula is C22H26N6O2. The zero-order valence-corrected chi connectivity index (χ0v) is 17.1. The molecule has 3 heterocycles. The molecule has 1 fully saturated rings. The molecule has 1 N–H and O–H groups in total. The van der Waals surface area contributed by atoms with Crippen LogP contribution in [0.5, 0.6) is 5.75 Å². The summed E-state index contributed by atoms with van der Waals surface area (Å²) in [5.41, 5.74) is 2.66. The molecule has 1 aromatic carbocycles. The molecule has 0 unspecified atom stereocenters. The van der Waals surface area contributed by atoms with Crippen LogP contribution in [0.25, 0.3) is 5.95 Å². The fourth-order valence-electron chi connectivity index (χ4n) is 3.63. The summed E-state index contributed by atoms with van der Waals surface area (Å²) in [7, 11) is 1.63. The van der Waals surface area contributed by atoms with Crippen molar-refractivity contribution in [2.45, 2.75) is 32.1 Å². The lowest BCUT2D eigenvalue weighted by Gasteiger charge is -2.28. The highest BCUT2D eigenvalue weighted by Gasteiger charge is 2.13. The standard InChI is InChI=1S/C22H26N6O2/c1-30-20-8-4-3-7-17(20)9-10-21(29)26-18-13-25-28(16-18)22-23-14-19(15-24-22)27-11-5-2-6-12-27/h3-4,7-8,13-16H,2,5-6,9-12H2,1H3,(H,26,29). The van der Waals surface area contributed by atoms with Crippen molar-refractivity contribution in [3.63, 3.8) is 0 Å². The number of rotatable bonds is 7. The van der Waals surface area contributed by atoms with E-state index in [1.54, 1.807) is 24.2 Å². The predicted octanol–water partition coefficient (Wildman–Crippen LogP) is 3.23. The summed E-state index contributed by atoms with van der Waals surface area (Å²) in [6.07, 6.45) is 11.7. The second kappa shape index (κ2) is 9.39. The molecule has 8 heteroatoms. The third-order valence-electron chi connectivity index (χ3n) is 5.23. The number of piperidine rings is 1. The number of hydrogen-bond acceptors (Lipinski definition) is 6. The zero-order valence-electron chi connectivity index (χ0n) is 17.1. The Balaban J connectivity index is 1.34. The molecule has 2 aromatic heterocycles. The van der Waals surface area contributed by atoms with Crippen LogP contribution >= 0.6 is 0 Å². The SMILES string of the molecule is COc1ccccc1CCC(=O)Nc1cnn(-c2ncc(N3CCCCC3)cn2)c1. The van der Waals surface area contributed by atoms with Crippen LogP contribution in [-0.2, 0) is 11.2 Å². The Kier molecular flexibility index (Phi) is 6.22. The number of anilines is 2. The number of benzene rings is 1. The largest absolute Gasteiger partial charge is 0.496 e. The van der Waals surface area contributed by atoms with Gasteiger partial charge >= 0.3 is 0 Å². The average molecular weight is 406 g/mol. The molecule has 0 atom stereocenters. The summed E-state index contributed by atoms with van der Waals surface area (Å²) in [5, 5.41) is 7.15. The fourth-order valence-corrected chi connectivity index (χ4v) is 3.63. The monoisotopic (exact) mass is 406 g/mol. The molecule has 156 valence electrons. The van der Waals surface area contributed by atoms with Crippen LogP contribution < -0.4 is 15.0 Å². The Hall–Kier alpha value is -3.42. The number of methoxy groups -OCH3 is 1. The number of para-hydroxylation sites is 1. The van der Waals surface area contributed by atoms with Crippen LogP contribution in [0.4, 0.5) is 11.4 Å².